The third-order valence-corrected chi connectivity index (χ3v) is 8.33. The summed E-state index contributed by atoms with van der Waals surface area (Å²) in [6.07, 6.45) is 4.57. The minimum Gasteiger partial charge on any atom is -0.380 e. The number of aliphatic hydroxyl groups is 1. The van der Waals surface area contributed by atoms with Crippen LogP contribution in [0.25, 0.3) is 11.4 Å². The molecule has 4 heterocycles. The van der Waals surface area contributed by atoms with Gasteiger partial charge in [-0.1, -0.05) is 25.9 Å². The highest BCUT2D eigenvalue weighted by Crippen LogP contribution is 2.51. The fraction of sp³-hybridized carbons (Fsp3) is 0.517. The number of amides is 1. The minimum absolute atomic E-state index is 0.00248. The van der Waals surface area contributed by atoms with Crippen LogP contribution >= 0.6 is 0 Å². The molecular weight excluding hydrogens is 504 g/mol. The molecule has 0 bridgehead atoms. The Morgan fingerprint density at radius 3 is 2.33 bits per heavy atom. The normalized spacial score (nSPS) is 19.7. The zero-order chi connectivity index (χ0) is 28.1. The summed E-state index contributed by atoms with van der Waals surface area (Å²) >= 11 is 0. The molecule has 2 aromatic heterocycles. The second kappa shape index (κ2) is 10.1. The van der Waals surface area contributed by atoms with Gasteiger partial charge in [-0.25, -0.2) is 8.78 Å². The Kier molecular flexibility index (Phi) is 7.05. The number of carbonyl (C=O) groups is 1. The SMILES string of the molecule is CC(=O)N1CCC(c2nc(-c3cncc([C@@](O)(c4cc(F)c(C(C)C)c(F)c4)C4(C)CN(C)C4)c3)no2)CC1. The summed E-state index contributed by atoms with van der Waals surface area (Å²) in [6, 6.07) is 4.21. The number of likely N-dealkylation sites (tertiary alicyclic amines) is 2. The van der Waals surface area contributed by atoms with Gasteiger partial charge in [-0.05, 0) is 49.6 Å². The zero-order valence-electron chi connectivity index (χ0n) is 23.0. The number of hydrogen-bond donors (Lipinski definition) is 1. The Bertz CT molecular complexity index is 1360. The Morgan fingerprint density at radius 2 is 1.77 bits per heavy atom. The van der Waals surface area contributed by atoms with Crippen LogP contribution in [0.1, 0.15) is 75.0 Å². The van der Waals surface area contributed by atoms with E-state index in [1.54, 1.807) is 37.9 Å². The summed E-state index contributed by atoms with van der Waals surface area (Å²) in [5.74, 6) is -0.793. The van der Waals surface area contributed by atoms with Crippen LogP contribution in [0.4, 0.5) is 8.78 Å². The van der Waals surface area contributed by atoms with E-state index in [0.717, 1.165) is 12.8 Å². The van der Waals surface area contributed by atoms with E-state index in [0.29, 0.717) is 49.0 Å². The lowest BCUT2D eigenvalue weighted by atomic mass is 9.62. The second-order valence-electron chi connectivity index (χ2n) is 11.7. The standard InChI is InChI=1S/C29H35F2N5O3/c1-17(2)25-23(30)11-21(12-24(25)31)29(38,28(4)15-35(5)16-28)22-10-20(13-32-14-22)26-33-27(39-34-26)19-6-8-36(9-7-19)18(3)37/h10-14,17,19,38H,6-9,15-16H2,1-5H3/t29-/m0/s1. The maximum absolute atomic E-state index is 15.2. The van der Waals surface area contributed by atoms with Crippen LogP contribution in [-0.4, -0.2) is 69.2 Å². The molecule has 1 amide bonds. The molecule has 2 fully saturated rings. The van der Waals surface area contributed by atoms with Crippen molar-refractivity contribution < 1.29 is 23.2 Å². The van der Waals surface area contributed by atoms with Gasteiger partial charge in [-0.15, -0.1) is 0 Å². The van der Waals surface area contributed by atoms with Crippen molar-refractivity contribution >= 4 is 5.91 Å². The molecule has 0 spiro atoms. The van der Waals surface area contributed by atoms with E-state index >= 15 is 8.78 Å². The molecule has 1 atom stereocenters. The molecule has 10 heteroatoms. The number of hydrogen-bond acceptors (Lipinski definition) is 7. The quantitative estimate of drug-likeness (QED) is 0.495. The number of aromatic nitrogens is 3. The first-order valence-corrected chi connectivity index (χ1v) is 13.4. The highest BCUT2D eigenvalue weighted by molar-refractivity contribution is 5.73. The average molecular weight is 540 g/mol. The predicted molar refractivity (Wildman–Crippen MR) is 141 cm³/mol. The lowest BCUT2D eigenvalue weighted by molar-refractivity contribution is -0.129. The first kappa shape index (κ1) is 27.3. The van der Waals surface area contributed by atoms with Crippen LogP contribution in [-0.2, 0) is 10.4 Å². The molecule has 39 heavy (non-hydrogen) atoms. The van der Waals surface area contributed by atoms with Crippen molar-refractivity contribution in [2.75, 3.05) is 33.2 Å². The highest BCUT2D eigenvalue weighted by atomic mass is 19.1. The molecule has 1 aromatic carbocycles. The summed E-state index contributed by atoms with van der Waals surface area (Å²) in [5.41, 5.74) is -1.40. The molecule has 2 aliphatic rings. The molecule has 0 saturated carbocycles. The molecule has 2 saturated heterocycles. The Balaban J connectivity index is 1.51. The minimum atomic E-state index is -1.73. The van der Waals surface area contributed by atoms with E-state index in [1.807, 2.05) is 18.9 Å². The van der Waals surface area contributed by atoms with E-state index in [4.69, 9.17) is 4.52 Å². The van der Waals surface area contributed by atoms with Crippen molar-refractivity contribution in [3.05, 3.63) is 64.8 Å². The molecule has 0 unspecified atom stereocenters. The van der Waals surface area contributed by atoms with Gasteiger partial charge >= 0.3 is 0 Å². The summed E-state index contributed by atoms with van der Waals surface area (Å²) in [5, 5.41) is 16.5. The fourth-order valence-electron chi connectivity index (χ4n) is 6.30. The van der Waals surface area contributed by atoms with Gasteiger partial charge in [0.2, 0.25) is 17.6 Å². The molecule has 8 nitrogen and oxygen atoms in total. The van der Waals surface area contributed by atoms with Crippen molar-refractivity contribution in [2.24, 2.45) is 5.41 Å². The van der Waals surface area contributed by atoms with E-state index in [2.05, 4.69) is 15.1 Å². The van der Waals surface area contributed by atoms with Crippen LogP contribution in [0.3, 0.4) is 0 Å². The Hall–Kier alpha value is -3.24. The maximum atomic E-state index is 15.2. The van der Waals surface area contributed by atoms with Gasteiger partial charge < -0.3 is 19.4 Å². The van der Waals surface area contributed by atoms with Gasteiger partial charge in [0.1, 0.15) is 17.2 Å². The van der Waals surface area contributed by atoms with Gasteiger partial charge in [-0.2, -0.15) is 4.98 Å². The molecule has 5 rings (SSSR count). The van der Waals surface area contributed by atoms with E-state index in [9.17, 15) is 9.90 Å². The summed E-state index contributed by atoms with van der Waals surface area (Å²) in [6.45, 7) is 9.25. The average Bonchev–Trinajstić information content (AvgIpc) is 3.37. The predicted octanol–water partition coefficient (Wildman–Crippen LogP) is 4.45. The number of piperidine rings is 1. The van der Waals surface area contributed by atoms with Gasteiger partial charge in [-0.3, -0.25) is 9.78 Å². The third-order valence-electron chi connectivity index (χ3n) is 8.33. The number of benzene rings is 1. The van der Waals surface area contributed by atoms with Crippen LogP contribution in [0.5, 0.6) is 0 Å². The second-order valence-corrected chi connectivity index (χ2v) is 11.7. The van der Waals surface area contributed by atoms with Crippen LogP contribution in [0.2, 0.25) is 0 Å². The fourth-order valence-corrected chi connectivity index (χ4v) is 6.30. The van der Waals surface area contributed by atoms with E-state index in [-0.39, 0.29) is 28.9 Å². The summed E-state index contributed by atoms with van der Waals surface area (Å²) in [7, 11) is 1.93. The number of carbonyl (C=O) groups excluding carboxylic acids is 1. The molecule has 0 radical (unpaired) electrons. The lowest BCUT2D eigenvalue weighted by Crippen LogP contribution is -2.63. The van der Waals surface area contributed by atoms with Crippen LogP contribution in [0, 0.1) is 17.0 Å². The Morgan fingerprint density at radius 1 is 1.13 bits per heavy atom. The topological polar surface area (TPSA) is 95.6 Å². The summed E-state index contributed by atoms with van der Waals surface area (Å²) < 4.78 is 35.9. The molecule has 3 aromatic rings. The van der Waals surface area contributed by atoms with Gasteiger partial charge in [0.05, 0.1) is 0 Å². The number of pyridine rings is 1. The number of nitrogens with zero attached hydrogens (tertiary/aromatic N) is 5. The number of halogens is 2. The highest BCUT2D eigenvalue weighted by Gasteiger charge is 2.55. The van der Waals surface area contributed by atoms with Crippen LogP contribution < -0.4 is 0 Å². The number of rotatable bonds is 6. The van der Waals surface area contributed by atoms with Crippen molar-refractivity contribution in [3.63, 3.8) is 0 Å². The Labute approximate surface area is 227 Å². The van der Waals surface area contributed by atoms with Crippen molar-refractivity contribution in [1.82, 2.24) is 24.9 Å². The lowest BCUT2D eigenvalue weighted by Gasteiger charge is -2.55. The van der Waals surface area contributed by atoms with Crippen LogP contribution in [0.15, 0.2) is 35.1 Å². The first-order valence-electron chi connectivity index (χ1n) is 13.4. The van der Waals surface area contributed by atoms with Gasteiger partial charge in [0.15, 0.2) is 0 Å². The zero-order valence-corrected chi connectivity index (χ0v) is 23.0. The first-order chi connectivity index (χ1) is 18.4. The van der Waals surface area contributed by atoms with Crippen molar-refractivity contribution in [3.8, 4) is 11.4 Å². The van der Waals surface area contributed by atoms with Gasteiger partial charge in [0, 0.05) is 73.5 Å². The third kappa shape index (κ3) is 4.74. The van der Waals surface area contributed by atoms with E-state index < -0.39 is 22.7 Å². The monoisotopic (exact) mass is 539 g/mol. The van der Waals surface area contributed by atoms with E-state index in [1.165, 1.54) is 18.3 Å². The van der Waals surface area contributed by atoms with Crippen molar-refractivity contribution in [1.29, 1.82) is 0 Å². The summed E-state index contributed by atoms with van der Waals surface area (Å²) in [4.78, 5) is 24.5. The molecule has 0 aliphatic carbocycles. The molecule has 208 valence electrons. The molecular formula is C29H35F2N5O3. The van der Waals surface area contributed by atoms with Crippen molar-refractivity contribution in [2.45, 2.75) is 58.0 Å². The smallest absolute Gasteiger partial charge is 0.230 e. The molecule has 1 N–H and O–H groups in total. The maximum Gasteiger partial charge on any atom is 0.230 e. The van der Waals surface area contributed by atoms with Gasteiger partial charge in [0.25, 0.3) is 0 Å². The largest absolute Gasteiger partial charge is 0.380 e. The molecule has 2 aliphatic heterocycles.